The molecule has 7 heterocycles. The van der Waals surface area contributed by atoms with Crippen LogP contribution in [-0.4, -0.2) is 314 Å². The van der Waals surface area contributed by atoms with Gasteiger partial charge in [-0.15, -0.1) is 0 Å². The molecule has 3 aromatic rings. The van der Waals surface area contributed by atoms with Crippen molar-refractivity contribution in [3.05, 3.63) is 50.8 Å². The van der Waals surface area contributed by atoms with Crippen LogP contribution in [0.15, 0.2) is 11.8 Å². The van der Waals surface area contributed by atoms with Crippen molar-refractivity contribution in [3.63, 3.8) is 0 Å². The Morgan fingerprint density at radius 2 is 0.984 bits per heavy atom. The van der Waals surface area contributed by atoms with Crippen LogP contribution < -0.4 is 9.47 Å². The van der Waals surface area contributed by atoms with Crippen LogP contribution in [0.5, 0.6) is 34.5 Å². The molecule has 16 N–H and O–H groups in total. The minimum atomic E-state index is -3.17. The Bertz CT molecular complexity index is 4550. The molecule has 9 fully saturated rings. The molecule has 12 aliphatic rings. The maximum absolute atomic E-state index is 16.5. The number of methoxy groups -OCH3 is 4. The fourth-order valence-corrected chi connectivity index (χ4v) is 22.2. The Hall–Kier alpha value is -6.10. The molecule has 7 saturated heterocycles. The number of benzene rings is 3. The molecule has 3 aromatic carbocycles. The molecule has 37 heteroatoms. The summed E-state index contributed by atoms with van der Waals surface area (Å²) in [7, 11) is 4.60. The van der Waals surface area contributed by atoms with Crippen molar-refractivity contribution < 1.29 is 181 Å². The maximum Gasteiger partial charge on any atom is 0.202 e. The molecule has 0 amide bonds. The van der Waals surface area contributed by atoms with Gasteiger partial charge in [-0.1, -0.05) is 26.7 Å². The number of carbonyl (C=O) groups is 4. The number of ether oxygens (including phenoxy) is 17. The lowest BCUT2D eigenvalue weighted by molar-refractivity contribution is -0.358. The van der Waals surface area contributed by atoms with Gasteiger partial charge in [-0.05, 0) is 112 Å². The molecule has 4 bridgehead atoms. The zero-order valence-electron chi connectivity index (χ0n) is 71.2. The van der Waals surface area contributed by atoms with Gasteiger partial charge in [-0.25, -0.2) is 0 Å². The fraction of sp³-hybridized carbons (Fsp3) is 0.744. The molecule has 684 valence electrons. The zero-order valence-corrected chi connectivity index (χ0v) is 71.2. The van der Waals surface area contributed by atoms with E-state index in [0.29, 0.717) is 0 Å². The third-order valence-corrected chi connectivity index (χ3v) is 28.8. The van der Waals surface area contributed by atoms with Crippen LogP contribution in [-0.2, 0) is 87.1 Å². The third kappa shape index (κ3) is 14.1. The van der Waals surface area contributed by atoms with Crippen molar-refractivity contribution in [2.24, 2.45) is 11.8 Å². The van der Waals surface area contributed by atoms with Gasteiger partial charge in [0.2, 0.25) is 11.6 Å². The van der Waals surface area contributed by atoms with Gasteiger partial charge in [0.25, 0.3) is 0 Å². The van der Waals surface area contributed by atoms with Gasteiger partial charge in [-0.3, -0.25) is 19.2 Å². The third-order valence-electron chi connectivity index (χ3n) is 28.8. The van der Waals surface area contributed by atoms with Gasteiger partial charge in [0, 0.05) is 79.2 Å². The lowest BCUT2D eigenvalue weighted by Crippen LogP contribution is -2.80. The van der Waals surface area contributed by atoms with Gasteiger partial charge < -0.3 is 162 Å². The Morgan fingerprint density at radius 3 is 1.46 bits per heavy atom. The summed E-state index contributed by atoms with van der Waals surface area (Å²) in [6.45, 7) is 15.3. The number of ketones is 4. The van der Waals surface area contributed by atoms with Crippen LogP contribution in [0.4, 0.5) is 0 Å². The lowest BCUT2D eigenvalue weighted by atomic mass is 9.53. The molecule has 15 rings (SSSR count). The largest absolute Gasteiger partial charge is 0.507 e. The van der Waals surface area contributed by atoms with Crippen LogP contribution >= 0.6 is 0 Å². The first-order valence-electron chi connectivity index (χ1n) is 42.7. The number of rotatable bonds is 23. The molecule has 0 aromatic heterocycles. The minimum Gasteiger partial charge on any atom is -0.507 e. The molecule has 123 heavy (non-hydrogen) atoms. The average molecular weight is 1740 g/mol. The molecule has 0 radical (unpaired) electrons. The first-order valence-corrected chi connectivity index (χ1v) is 42.7. The van der Waals surface area contributed by atoms with Crippen molar-refractivity contribution in [1.82, 2.24) is 0 Å². The van der Waals surface area contributed by atoms with Crippen molar-refractivity contribution in [2.45, 2.75) is 365 Å². The SMILES string of the molecule is CCCC1(O)C(OC2CCC(OC3CCC(O)(C(C)=O)C(C)O3)C(C)O2)C(O)C(OC2CC(O)C(O)C(C)O2)C2Cc3cc4c(OC)c(OC)c(C5=C(OC)C(OC)c6c(O)c7c(c(O)c6C5O)C(=O)C5(O)C6C7OC5(CCC)C(OC5CCC(OC7CCC(O)(C(C)=O)C(C)O7)C(C)O5)C(O)C6OC5CC(O)C(O)C(C)O5)c(O)c4c(O)c3C(=O)C21O. The van der Waals surface area contributed by atoms with E-state index in [4.69, 9.17) is 80.5 Å². The Balaban J connectivity index is 0.805. The van der Waals surface area contributed by atoms with E-state index in [9.17, 15) is 91.3 Å². The van der Waals surface area contributed by atoms with Crippen molar-refractivity contribution in [3.8, 4) is 34.5 Å². The summed E-state index contributed by atoms with van der Waals surface area (Å²) in [5.41, 5.74) is -19.2. The van der Waals surface area contributed by atoms with E-state index >= 15 is 9.59 Å². The molecular formula is C86H118O37. The second-order valence-corrected chi connectivity index (χ2v) is 35.6. The summed E-state index contributed by atoms with van der Waals surface area (Å²) in [4.78, 5) is 57.8. The number of aliphatic hydroxyl groups excluding tert-OH is 7. The normalized spacial score (nSPS) is 44.1. The van der Waals surface area contributed by atoms with Crippen molar-refractivity contribution >= 4 is 39.5 Å². The lowest BCUT2D eigenvalue weighted by Gasteiger charge is -2.60. The molecule has 35 unspecified atom stereocenters. The van der Waals surface area contributed by atoms with E-state index in [2.05, 4.69) is 0 Å². The van der Waals surface area contributed by atoms with Crippen LogP contribution in [0.25, 0.3) is 16.3 Å². The van der Waals surface area contributed by atoms with Crippen molar-refractivity contribution in [1.29, 1.82) is 0 Å². The molecule has 35 atom stereocenters. The van der Waals surface area contributed by atoms with Crippen LogP contribution in [0, 0.1) is 11.8 Å². The molecule has 37 nitrogen and oxygen atoms in total. The summed E-state index contributed by atoms with van der Waals surface area (Å²) < 4.78 is 108. The standard InChI is InChI=1S/C86H118O37/c1-15-23-83(104)79(121-46-19-17-44(31(3)111-46)117-48-21-25-81(102,35(7)87)37(9)115-48)68(98)71(119-50-29-42(89)61(91)33(5)113-50)41-28-39-27-40-53(63(93)52(39)77(100)85(41,83)105)64(94)56(73(108-12)70(40)107-11)57-65(95)54-55(74(109-13)75(57)110-14)67(97)58-59(66(54)96)78(101)86(106)60-72(58)123-84(86,24-16-2)80(69(99)76(60)120-51-30-43(90)62(92)34(6)114-51)122-47-20-18-45(32(4)112-47)118-49-22-26-82(103,36(8)88)38(10)116-49/h27,31-34,37-38,41-51,60-62,65,68-69,71-72,74,76,79-80,89-99,102-106H,15-26,28-30H2,1-14H3. The highest BCUT2D eigenvalue weighted by atomic mass is 16.8. The van der Waals surface area contributed by atoms with E-state index in [-0.39, 0.29) is 93.7 Å². The van der Waals surface area contributed by atoms with Gasteiger partial charge in [0.05, 0.1) is 129 Å². The van der Waals surface area contributed by atoms with Crippen LogP contribution in [0.3, 0.4) is 0 Å². The van der Waals surface area contributed by atoms with Gasteiger partial charge in [-0.2, -0.15) is 0 Å². The van der Waals surface area contributed by atoms with Crippen molar-refractivity contribution in [2.75, 3.05) is 28.4 Å². The van der Waals surface area contributed by atoms with Crippen LogP contribution in [0.2, 0.25) is 0 Å². The number of phenolic OH excluding ortho intramolecular Hbond substituents is 4. The smallest absolute Gasteiger partial charge is 0.202 e. The van der Waals surface area contributed by atoms with Gasteiger partial charge in [0.1, 0.15) is 100.0 Å². The Labute approximate surface area is 708 Å². The highest BCUT2D eigenvalue weighted by molar-refractivity contribution is 6.16. The number of hydrogen-bond donors (Lipinski definition) is 16. The number of fused-ring (bicyclic) bond motifs is 6. The fourth-order valence-electron chi connectivity index (χ4n) is 22.2. The van der Waals surface area contributed by atoms with E-state index in [1.807, 2.05) is 0 Å². The van der Waals surface area contributed by atoms with E-state index in [0.717, 1.165) is 21.3 Å². The number of hydrogen-bond acceptors (Lipinski definition) is 37. The molecular weight excluding hydrogens is 1620 g/mol. The second kappa shape index (κ2) is 33.8. The summed E-state index contributed by atoms with van der Waals surface area (Å²) in [6.07, 6.45) is -38.1. The second-order valence-electron chi connectivity index (χ2n) is 35.6. The highest BCUT2D eigenvalue weighted by Gasteiger charge is 2.82. The zero-order chi connectivity index (χ0) is 89.2. The average Bonchev–Trinajstić information content (AvgIpc) is 1.53. The number of phenols is 4. The number of aliphatic hydroxyl groups is 12. The number of carbonyl (C=O) groups excluding carboxylic acids is 4. The Morgan fingerprint density at radius 1 is 0.496 bits per heavy atom. The first-order chi connectivity index (χ1) is 58.1. The van der Waals surface area contributed by atoms with E-state index in [1.54, 1.807) is 41.5 Å². The molecule has 7 aliphatic heterocycles. The van der Waals surface area contributed by atoms with E-state index in [1.165, 1.54) is 40.9 Å². The topological polar surface area (TPSA) is 549 Å². The predicted octanol–water partition coefficient (Wildman–Crippen LogP) is 2.76. The van der Waals surface area contributed by atoms with E-state index < -0.39 is 333 Å². The summed E-state index contributed by atoms with van der Waals surface area (Å²) in [5, 5.41) is 200. The van der Waals surface area contributed by atoms with Crippen LogP contribution in [0.1, 0.15) is 226 Å². The molecule has 0 spiro atoms. The minimum absolute atomic E-state index is 0.000375. The molecule has 2 saturated carbocycles. The summed E-state index contributed by atoms with van der Waals surface area (Å²) in [5.74, 6) is -12.4. The highest BCUT2D eigenvalue weighted by Crippen LogP contribution is 2.70. The molecule has 5 aliphatic carbocycles. The summed E-state index contributed by atoms with van der Waals surface area (Å²) >= 11 is 0. The first kappa shape index (κ1) is 91.6. The monoisotopic (exact) mass is 1740 g/mol. The quantitative estimate of drug-likeness (QED) is 0.0607. The number of Topliss-reactive ketones (excluding diaryl/α,β-unsaturated/α-hetero) is 4. The summed E-state index contributed by atoms with van der Waals surface area (Å²) in [6, 6.07) is 1.32. The predicted molar refractivity (Wildman–Crippen MR) is 418 cm³/mol. The van der Waals surface area contributed by atoms with Gasteiger partial charge >= 0.3 is 0 Å². The van der Waals surface area contributed by atoms with Gasteiger partial charge in [0.15, 0.2) is 72.0 Å². The number of aromatic hydroxyl groups is 4. The Kier molecular flexibility index (Phi) is 25.2. The maximum atomic E-state index is 16.5.